The molecule has 3 aromatic rings. The van der Waals surface area contributed by atoms with Gasteiger partial charge in [0.1, 0.15) is 6.33 Å². The minimum absolute atomic E-state index is 0.0262. The second-order valence-electron chi connectivity index (χ2n) is 6.51. The lowest BCUT2D eigenvalue weighted by atomic mass is 10.1. The molecule has 1 aliphatic heterocycles. The largest absolute Gasteiger partial charge is 0.337 e. The van der Waals surface area contributed by atoms with E-state index in [2.05, 4.69) is 10.3 Å². The van der Waals surface area contributed by atoms with Crippen molar-refractivity contribution in [3.05, 3.63) is 70.8 Å². The standard InChI is InChI=1S/C20H20N4O2/c1-21-15-10-11-23(12-15)19(25)14-6-8-16(9-7-14)24-13-22-18-5-3-2-4-17(18)20(24)26/h2-9,13,15,21H,10-12H2,1H3/t15-/m0/s1. The van der Waals surface area contributed by atoms with Crippen LogP contribution in [0, 0.1) is 0 Å². The Kier molecular flexibility index (Phi) is 4.26. The summed E-state index contributed by atoms with van der Waals surface area (Å²) in [6.45, 7) is 1.49. The molecule has 2 heterocycles. The third kappa shape index (κ3) is 2.88. The molecule has 1 aliphatic rings. The van der Waals surface area contributed by atoms with Crippen LogP contribution in [0.25, 0.3) is 16.6 Å². The number of para-hydroxylation sites is 1. The molecule has 0 bridgehead atoms. The minimum Gasteiger partial charge on any atom is -0.337 e. The highest BCUT2D eigenvalue weighted by molar-refractivity contribution is 5.94. The predicted octanol–water partition coefficient (Wildman–Crippen LogP) is 1.82. The van der Waals surface area contributed by atoms with Crippen LogP contribution in [-0.2, 0) is 0 Å². The van der Waals surface area contributed by atoms with Gasteiger partial charge < -0.3 is 10.2 Å². The zero-order chi connectivity index (χ0) is 18.1. The Morgan fingerprint density at radius 1 is 1.15 bits per heavy atom. The molecular formula is C20H20N4O2. The number of amides is 1. The van der Waals surface area contributed by atoms with Crippen LogP contribution in [0.5, 0.6) is 0 Å². The number of nitrogens with zero attached hydrogens (tertiary/aromatic N) is 3. The second-order valence-corrected chi connectivity index (χ2v) is 6.51. The Labute approximate surface area is 151 Å². The van der Waals surface area contributed by atoms with Crippen molar-refractivity contribution >= 4 is 16.8 Å². The van der Waals surface area contributed by atoms with E-state index in [0.717, 1.165) is 19.5 Å². The summed E-state index contributed by atoms with van der Waals surface area (Å²) in [5, 5.41) is 3.79. The average molecular weight is 348 g/mol. The predicted molar refractivity (Wildman–Crippen MR) is 101 cm³/mol. The van der Waals surface area contributed by atoms with Crippen molar-refractivity contribution in [2.75, 3.05) is 20.1 Å². The molecule has 1 aromatic heterocycles. The van der Waals surface area contributed by atoms with E-state index in [1.165, 1.54) is 10.9 Å². The molecule has 1 saturated heterocycles. The van der Waals surface area contributed by atoms with Gasteiger partial charge >= 0.3 is 0 Å². The van der Waals surface area contributed by atoms with E-state index >= 15 is 0 Å². The van der Waals surface area contributed by atoms with Gasteiger partial charge in [0.25, 0.3) is 11.5 Å². The van der Waals surface area contributed by atoms with Crippen LogP contribution < -0.4 is 10.9 Å². The van der Waals surface area contributed by atoms with Crippen molar-refractivity contribution in [2.24, 2.45) is 0 Å². The lowest BCUT2D eigenvalue weighted by molar-refractivity contribution is 0.0789. The first kappa shape index (κ1) is 16.5. The number of likely N-dealkylation sites (N-methyl/N-ethyl adjacent to an activating group) is 1. The highest BCUT2D eigenvalue weighted by Crippen LogP contribution is 2.16. The number of hydrogen-bond acceptors (Lipinski definition) is 4. The van der Waals surface area contributed by atoms with Crippen molar-refractivity contribution in [3.8, 4) is 5.69 Å². The summed E-state index contributed by atoms with van der Waals surface area (Å²) >= 11 is 0. The lowest BCUT2D eigenvalue weighted by Crippen LogP contribution is -2.33. The van der Waals surface area contributed by atoms with Gasteiger partial charge in [-0.1, -0.05) is 12.1 Å². The van der Waals surface area contributed by atoms with Crippen molar-refractivity contribution in [1.29, 1.82) is 0 Å². The first-order valence-electron chi connectivity index (χ1n) is 8.71. The number of carbonyl (C=O) groups excluding carboxylic acids is 1. The van der Waals surface area contributed by atoms with Gasteiger partial charge in [0, 0.05) is 24.7 Å². The van der Waals surface area contributed by atoms with E-state index < -0.39 is 0 Å². The highest BCUT2D eigenvalue weighted by Gasteiger charge is 2.25. The molecule has 0 aliphatic carbocycles. The number of hydrogen-bond donors (Lipinski definition) is 1. The number of benzene rings is 2. The van der Waals surface area contributed by atoms with Crippen LogP contribution in [0.1, 0.15) is 16.8 Å². The average Bonchev–Trinajstić information content (AvgIpc) is 3.17. The third-order valence-electron chi connectivity index (χ3n) is 4.94. The van der Waals surface area contributed by atoms with Gasteiger partial charge in [-0.25, -0.2) is 4.98 Å². The topological polar surface area (TPSA) is 67.2 Å². The van der Waals surface area contributed by atoms with Crippen molar-refractivity contribution in [3.63, 3.8) is 0 Å². The van der Waals surface area contributed by atoms with Crippen LogP contribution in [0.15, 0.2) is 59.7 Å². The smallest absolute Gasteiger partial charge is 0.265 e. The van der Waals surface area contributed by atoms with Crippen molar-refractivity contribution in [2.45, 2.75) is 12.5 Å². The molecule has 6 nitrogen and oxygen atoms in total. The number of rotatable bonds is 3. The first-order valence-corrected chi connectivity index (χ1v) is 8.71. The summed E-state index contributed by atoms with van der Waals surface area (Å²) in [6.07, 6.45) is 2.50. The van der Waals surface area contributed by atoms with Gasteiger partial charge in [-0.05, 0) is 49.9 Å². The number of carbonyl (C=O) groups is 1. The normalized spacial score (nSPS) is 17.0. The number of fused-ring (bicyclic) bond motifs is 1. The van der Waals surface area contributed by atoms with Gasteiger partial charge in [-0.15, -0.1) is 0 Å². The van der Waals surface area contributed by atoms with Crippen LogP contribution in [0.4, 0.5) is 0 Å². The summed E-state index contributed by atoms with van der Waals surface area (Å²) in [5.41, 5.74) is 1.88. The summed E-state index contributed by atoms with van der Waals surface area (Å²) in [4.78, 5) is 31.5. The number of likely N-dealkylation sites (tertiary alicyclic amines) is 1. The third-order valence-corrected chi connectivity index (χ3v) is 4.94. The number of aromatic nitrogens is 2. The highest BCUT2D eigenvalue weighted by atomic mass is 16.2. The van der Waals surface area contributed by atoms with E-state index in [0.29, 0.717) is 28.2 Å². The molecule has 1 fully saturated rings. The van der Waals surface area contributed by atoms with Gasteiger partial charge in [-0.2, -0.15) is 0 Å². The zero-order valence-corrected chi connectivity index (χ0v) is 14.6. The molecule has 26 heavy (non-hydrogen) atoms. The maximum Gasteiger partial charge on any atom is 0.265 e. The van der Waals surface area contributed by atoms with Crippen LogP contribution in [0.2, 0.25) is 0 Å². The van der Waals surface area contributed by atoms with E-state index in [1.54, 1.807) is 30.3 Å². The molecule has 0 unspecified atom stereocenters. The maximum atomic E-state index is 12.7. The monoisotopic (exact) mass is 348 g/mol. The van der Waals surface area contributed by atoms with E-state index in [4.69, 9.17) is 0 Å². The van der Waals surface area contributed by atoms with Crippen molar-refractivity contribution in [1.82, 2.24) is 19.8 Å². The summed E-state index contributed by atoms with van der Waals surface area (Å²) in [7, 11) is 1.92. The minimum atomic E-state index is -0.119. The Morgan fingerprint density at radius 2 is 1.92 bits per heavy atom. The molecule has 0 radical (unpaired) electrons. The second kappa shape index (κ2) is 6.72. The Bertz CT molecular complexity index is 1010. The summed E-state index contributed by atoms with van der Waals surface area (Å²) in [5.74, 6) is 0.0262. The zero-order valence-electron chi connectivity index (χ0n) is 14.6. The first-order chi connectivity index (χ1) is 12.7. The van der Waals surface area contributed by atoms with E-state index in [1.807, 2.05) is 30.1 Å². The van der Waals surface area contributed by atoms with Crippen LogP contribution >= 0.6 is 0 Å². The van der Waals surface area contributed by atoms with Crippen LogP contribution in [0.3, 0.4) is 0 Å². The lowest BCUT2D eigenvalue weighted by Gasteiger charge is -2.16. The summed E-state index contributed by atoms with van der Waals surface area (Å²) in [6, 6.07) is 14.7. The van der Waals surface area contributed by atoms with Gasteiger partial charge in [0.15, 0.2) is 0 Å². The quantitative estimate of drug-likeness (QED) is 0.784. The number of nitrogens with one attached hydrogen (secondary N) is 1. The van der Waals surface area contributed by atoms with Gasteiger partial charge in [-0.3, -0.25) is 14.2 Å². The Morgan fingerprint density at radius 3 is 2.65 bits per heavy atom. The molecule has 0 saturated carbocycles. The fraction of sp³-hybridized carbons (Fsp3) is 0.250. The van der Waals surface area contributed by atoms with E-state index in [9.17, 15) is 9.59 Å². The molecule has 6 heteroatoms. The van der Waals surface area contributed by atoms with E-state index in [-0.39, 0.29) is 11.5 Å². The fourth-order valence-electron chi connectivity index (χ4n) is 3.38. The molecule has 1 N–H and O–H groups in total. The molecule has 2 aromatic carbocycles. The molecular weight excluding hydrogens is 328 g/mol. The van der Waals surface area contributed by atoms with Crippen molar-refractivity contribution < 1.29 is 4.79 Å². The molecule has 132 valence electrons. The fourth-order valence-corrected chi connectivity index (χ4v) is 3.38. The summed E-state index contributed by atoms with van der Waals surface area (Å²) < 4.78 is 1.50. The Balaban J connectivity index is 1.61. The molecule has 1 amide bonds. The van der Waals surface area contributed by atoms with Crippen LogP contribution in [-0.4, -0.2) is 46.5 Å². The molecule has 0 spiro atoms. The molecule has 1 atom stereocenters. The SMILES string of the molecule is CN[C@H]1CCN(C(=O)c2ccc(-n3cnc4ccccc4c3=O)cc2)C1. The Hall–Kier alpha value is -2.99. The van der Waals surface area contributed by atoms with Gasteiger partial charge in [0.2, 0.25) is 0 Å². The maximum absolute atomic E-state index is 12.7. The van der Waals surface area contributed by atoms with Gasteiger partial charge in [0.05, 0.1) is 16.6 Å². The molecule has 4 rings (SSSR count).